The molecule has 0 aliphatic heterocycles. The van der Waals surface area contributed by atoms with Gasteiger partial charge in [-0.05, 0) is 37.1 Å². The van der Waals surface area contributed by atoms with E-state index in [2.05, 4.69) is 19.2 Å². The van der Waals surface area contributed by atoms with Gasteiger partial charge in [-0.3, -0.25) is 0 Å². The van der Waals surface area contributed by atoms with Crippen molar-refractivity contribution in [3.8, 4) is 17.2 Å². The summed E-state index contributed by atoms with van der Waals surface area (Å²) in [5, 5.41) is 3.38. The minimum atomic E-state index is 0.688. The molecule has 120 valence electrons. The summed E-state index contributed by atoms with van der Waals surface area (Å²) in [6, 6.07) is 4.03. The van der Waals surface area contributed by atoms with Crippen LogP contribution < -0.4 is 19.5 Å². The van der Waals surface area contributed by atoms with Crippen molar-refractivity contribution >= 4 is 0 Å². The van der Waals surface area contributed by atoms with Crippen molar-refractivity contribution in [2.75, 3.05) is 27.4 Å². The first kappa shape index (κ1) is 17.6. The molecule has 0 atom stereocenters. The molecule has 0 radical (unpaired) electrons. The maximum Gasteiger partial charge on any atom is 0.203 e. The second kappa shape index (κ2) is 10.3. The summed E-state index contributed by atoms with van der Waals surface area (Å²) >= 11 is 0. The zero-order valence-electron chi connectivity index (χ0n) is 13.8. The largest absolute Gasteiger partial charge is 0.493 e. The molecular weight excluding hydrogens is 266 g/mol. The van der Waals surface area contributed by atoms with Gasteiger partial charge in [0.1, 0.15) is 0 Å². The van der Waals surface area contributed by atoms with Gasteiger partial charge < -0.3 is 19.5 Å². The maximum atomic E-state index is 5.86. The second-order valence-electron chi connectivity index (χ2n) is 5.06. The lowest BCUT2D eigenvalue weighted by Gasteiger charge is -2.16. The van der Waals surface area contributed by atoms with Crippen LogP contribution in [0.2, 0.25) is 0 Å². The lowest BCUT2D eigenvalue weighted by Crippen LogP contribution is -2.14. The molecule has 0 saturated carbocycles. The van der Waals surface area contributed by atoms with Gasteiger partial charge in [-0.2, -0.15) is 0 Å². The molecule has 1 rings (SSSR count). The summed E-state index contributed by atoms with van der Waals surface area (Å²) in [5.74, 6) is 2.17. The SMILES string of the molecule is CCCCCOc1c(OC)cc(CNCCC)cc1OC. The predicted molar refractivity (Wildman–Crippen MR) is 86.6 cm³/mol. The van der Waals surface area contributed by atoms with Crippen LogP contribution in [0, 0.1) is 0 Å². The second-order valence-corrected chi connectivity index (χ2v) is 5.06. The Kier molecular flexibility index (Phi) is 8.67. The van der Waals surface area contributed by atoms with Crippen molar-refractivity contribution in [1.82, 2.24) is 5.32 Å². The quantitative estimate of drug-likeness (QED) is 0.631. The summed E-state index contributed by atoms with van der Waals surface area (Å²) in [6.45, 7) is 6.82. The van der Waals surface area contributed by atoms with E-state index in [1.165, 1.54) is 12.8 Å². The lowest BCUT2D eigenvalue weighted by atomic mass is 10.1. The Labute approximate surface area is 128 Å². The molecule has 0 aromatic heterocycles. The fraction of sp³-hybridized carbons (Fsp3) is 0.647. The molecule has 0 bridgehead atoms. The Morgan fingerprint density at radius 1 is 0.952 bits per heavy atom. The van der Waals surface area contributed by atoms with Gasteiger partial charge in [-0.15, -0.1) is 0 Å². The first-order chi connectivity index (χ1) is 10.3. The summed E-state index contributed by atoms with van der Waals surface area (Å²) < 4.78 is 16.8. The highest BCUT2D eigenvalue weighted by molar-refractivity contribution is 5.53. The molecular formula is C17H29NO3. The Balaban J connectivity index is 2.80. The number of nitrogens with one attached hydrogen (secondary N) is 1. The number of rotatable bonds is 11. The maximum absolute atomic E-state index is 5.86. The number of benzene rings is 1. The van der Waals surface area contributed by atoms with Crippen LogP contribution in [0.25, 0.3) is 0 Å². The molecule has 0 spiro atoms. The summed E-state index contributed by atoms with van der Waals surface area (Å²) in [7, 11) is 3.33. The Morgan fingerprint density at radius 2 is 1.62 bits per heavy atom. The van der Waals surface area contributed by atoms with E-state index in [9.17, 15) is 0 Å². The van der Waals surface area contributed by atoms with Crippen molar-refractivity contribution in [1.29, 1.82) is 0 Å². The molecule has 0 aliphatic carbocycles. The monoisotopic (exact) mass is 295 g/mol. The molecule has 4 heteroatoms. The van der Waals surface area contributed by atoms with Gasteiger partial charge in [0, 0.05) is 6.54 Å². The van der Waals surface area contributed by atoms with Gasteiger partial charge in [0.05, 0.1) is 20.8 Å². The van der Waals surface area contributed by atoms with Gasteiger partial charge >= 0.3 is 0 Å². The first-order valence-electron chi connectivity index (χ1n) is 7.85. The zero-order chi connectivity index (χ0) is 15.5. The molecule has 21 heavy (non-hydrogen) atoms. The van der Waals surface area contributed by atoms with Crippen molar-refractivity contribution < 1.29 is 14.2 Å². The van der Waals surface area contributed by atoms with Gasteiger partial charge in [-0.1, -0.05) is 26.7 Å². The third-order valence-corrected chi connectivity index (χ3v) is 3.27. The number of ether oxygens (including phenoxy) is 3. The van der Waals surface area contributed by atoms with Gasteiger partial charge in [-0.25, -0.2) is 0 Å². The van der Waals surface area contributed by atoms with Crippen LogP contribution in [0.5, 0.6) is 17.2 Å². The highest BCUT2D eigenvalue weighted by Gasteiger charge is 2.14. The Hall–Kier alpha value is -1.42. The number of hydrogen-bond donors (Lipinski definition) is 1. The molecule has 0 unspecified atom stereocenters. The Bertz CT molecular complexity index is 382. The minimum Gasteiger partial charge on any atom is -0.493 e. The summed E-state index contributed by atoms with van der Waals surface area (Å²) in [4.78, 5) is 0. The van der Waals surface area contributed by atoms with E-state index in [0.29, 0.717) is 12.4 Å². The average Bonchev–Trinajstić information content (AvgIpc) is 2.51. The predicted octanol–water partition coefficient (Wildman–Crippen LogP) is 3.77. The number of unbranched alkanes of at least 4 members (excludes halogenated alkanes) is 2. The summed E-state index contributed by atoms with van der Waals surface area (Å²) in [6.07, 6.45) is 4.51. The van der Waals surface area contributed by atoms with E-state index in [0.717, 1.165) is 43.0 Å². The molecule has 0 heterocycles. The van der Waals surface area contributed by atoms with E-state index in [4.69, 9.17) is 14.2 Å². The smallest absolute Gasteiger partial charge is 0.203 e. The molecule has 1 aromatic carbocycles. The van der Waals surface area contributed by atoms with Crippen LogP contribution in [-0.4, -0.2) is 27.4 Å². The highest BCUT2D eigenvalue weighted by atomic mass is 16.5. The van der Waals surface area contributed by atoms with Crippen molar-refractivity contribution in [3.63, 3.8) is 0 Å². The highest BCUT2D eigenvalue weighted by Crippen LogP contribution is 2.38. The van der Waals surface area contributed by atoms with E-state index in [1.807, 2.05) is 12.1 Å². The molecule has 0 saturated heterocycles. The normalized spacial score (nSPS) is 10.5. The summed E-state index contributed by atoms with van der Waals surface area (Å²) in [5.41, 5.74) is 1.14. The molecule has 0 fully saturated rings. The average molecular weight is 295 g/mol. The third-order valence-electron chi connectivity index (χ3n) is 3.27. The van der Waals surface area contributed by atoms with Crippen LogP contribution in [0.15, 0.2) is 12.1 Å². The fourth-order valence-corrected chi connectivity index (χ4v) is 2.11. The zero-order valence-corrected chi connectivity index (χ0v) is 13.8. The van der Waals surface area contributed by atoms with Gasteiger partial charge in [0.25, 0.3) is 0 Å². The van der Waals surface area contributed by atoms with Crippen LogP contribution >= 0.6 is 0 Å². The minimum absolute atomic E-state index is 0.688. The molecule has 1 N–H and O–H groups in total. The van der Waals surface area contributed by atoms with Crippen LogP contribution in [0.1, 0.15) is 45.1 Å². The van der Waals surface area contributed by atoms with Gasteiger partial charge in [0.2, 0.25) is 5.75 Å². The fourth-order valence-electron chi connectivity index (χ4n) is 2.11. The van der Waals surface area contributed by atoms with Crippen LogP contribution in [0.3, 0.4) is 0 Å². The first-order valence-corrected chi connectivity index (χ1v) is 7.85. The van der Waals surface area contributed by atoms with E-state index < -0.39 is 0 Å². The number of hydrogen-bond acceptors (Lipinski definition) is 4. The van der Waals surface area contributed by atoms with E-state index in [1.54, 1.807) is 14.2 Å². The standard InChI is InChI=1S/C17H29NO3/c1-5-7-8-10-21-17-15(19-3)11-14(12-16(17)20-4)13-18-9-6-2/h11-12,18H,5-10,13H2,1-4H3. The Morgan fingerprint density at radius 3 is 2.14 bits per heavy atom. The van der Waals surface area contributed by atoms with Crippen LogP contribution in [0.4, 0.5) is 0 Å². The molecule has 0 aliphatic rings. The third kappa shape index (κ3) is 5.84. The molecule has 4 nitrogen and oxygen atoms in total. The van der Waals surface area contributed by atoms with Crippen LogP contribution in [-0.2, 0) is 6.54 Å². The molecule has 0 amide bonds. The lowest BCUT2D eigenvalue weighted by molar-refractivity contribution is 0.268. The van der Waals surface area contributed by atoms with Crippen molar-refractivity contribution in [3.05, 3.63) is 17.7 Å². The topological polar surface area (TPSA) is 39.7 Å². The van der Waals surface area contributed by atoms with E-state index in [-0.39, 0.29) is 0 Å². The van der Waals surface area contributed by atoms with Gasteiger partial charge in [0.15, 0.2) is 11.5 Å². The number of methoxy groups -OCH3 is 2. The van der Waals surface area contributed by atoms with Crippen molar-refractivity contribution in [2.24, 2.45) is 0 Å². The van der Waals surface area contributed by atoms with Crippen molar-refractivity contribution in [2.45, 2.75) is 46.1 Å². The molecule has 1 aromatic rings. The van der Waals surface area contributed by atoms with E-state index >= 15 is 0 Å².